The van der Waals surface area contributed by atoms with Crippen LogP contribution in [0.1, 0.15) is 47.4 Å². The van der Waals surface area contributed by atoms with E-state index in [0.717, 1.165) is 12.5 Å². The Morgan fingerprint density at radius 1 is 1.43 bits per heavy atom. The summed E-state index contributed by atoms with van der Waals surface area (Å²) in [6, 6.07) is 2.97. The molecule has 1 saturated heterocycles. The van der Waals surface area contributed by atoms with Crippen LogP contribution in [0.2, 0.25) is 5.02 Å². The van der Waals surface area contributed by atoms with Crippen molar-refractivity contribution in [3.05, 3.63) is 40.5 Å². The molecule has 28 heavy (non-hydrogen) atoms. The van der Waals surface area contributed by atoms with Crippen LogP contribution in [0, 0.1) is 0 Å². The summed E-state index contributed by atoms with van der Waals surface area (Å²) >= 11 is 6.10. The lowest BCUT2D eigenvalue weighted by Crippen LogP contribution is -2.38. The lowest BCUT2D eigenvalue weighted by molar-refractivity contribution is 0.0696. The molecule has 1 atom stereocenters. The molecule has 2 heterocycles. The molecule has 152 valence electrons. The molecular formula is C17H20ClN3O6S. The van der Waals surface area contributed by atoms with Gasteiger partial charge in [0, 0.05) is 20.1 Å². The van der Waals surface area contributed by atoms with Crippen LogP contribution in [0.25, 0.3) is 0 Å². The van der Waals surface area contributed by atoms with E-state index in [1.807, 2.05) is 0 Å². The maximum absolute atomic E-state index is 13.3. The van der Waals surface area contributed by atoms with Gasteiger partial charge in [0.1, 0.15) is 10.9 Å². The number of rotatable bonds is 7. The monoisotopic (exact) mass is 429 g/mol. The number of aromatic carboxylic acids is 1. The second-order valence-corrected chi connectivity index (χ2v) is 8.64. The highest BCUT2D eigenvalue weighted by molar-refractivity contribution is 7.89. The number of hydrogen-bond acceptors (Lipinski definition) is 7. The van der Waals surface area contributed by atoms with Crippen molar-refractivity contribution in [1.29, 1.82) is 0 Å². The minimum Gasteiger partial charge on any atom is -0.478 e. The molecule has 0 aliphatic carbocycles. The van der Waals surface area contributed by atoms with Crippen molar-refractivity contribution in [1.82, 2.24) is 14.4 Å². The molecule has 0 radical (unpaired) electrons. The summed E-state index contributed by atoms with van der Waals surface area (Å²) in [7, 11) is -2.51. The van der Waals surface area contributed by atoms with Crippen LogP contribution in [-0.4, -0.2) is 54.2 Å². The summed E-state index contributed by atoms with van der Waals surface area (Å²) in [6.07, 6.45) is 2.43. The third kappa shape index (κ3) is 4.19. The molecule has 1 fully saturated rings. The van der Waals surface area contributed by atoms with Gasteiger partial charge >= 0.3 is 5.97 Å². The maximum atomic E-state index is 13.3. The zero-order valence-electron chi connectivity index (χ0n) is 15.2. The van der Waals surface area contributed by atoms with Gasteiger partial charge in [-0.1, -0.05) is 23.2 Å². The van der Waals surface area contributed by atoms with E-state index < -0.39 is 22.0 Å². The van der Waals surface area contributed by atoms with E-state index in [1.54, 1.807) is 7.11 Å². The van der Waals surface area contributed by atoms with Crippen molar-refractivity contribution in [3.8, 4) is 0 Å². The number of carbonyl (C=O) groups is 1. The fraction of sp³-hybridized carbons (Fsp3) is 0.471. The van der Waals surface area contributed by atoms with Crippen molar-refractivity contribution >= 4 is 27.6 Å². The van der Waals surface area contributed by atoms with E-state index in [-0.39, 0.29) is 27.9 Å². The number of ether oxygens (including phenoxy) is 1. The molecule has 0 amide bonds. The lowest BCUT2D eigenvalue weighted by Gasteiger charge is -2.32. The second-order valence-electron chi connectivity index (χ2n) is 6.37. The highest BCUT2D eigenvalue weighted by Crippen LogP contribution is 2.36. The molecule has 0 bridgehead atoms. The summed E-state index contributed by atoms with van der Waals surface area (Å²) in [5.74, 6) is -0.589. The molecule has 3 rings (SSSR count). The lowest BCUT2D eigenvalue weighted by atomic mass is 10.1. The highest BCUT2D eigenvalue weighted by Gasteiger charge is 2.38. The number of piperidine rings is 1. The fourth-order valence-electron chi connectivity index (χ4n) is 3.10. The Morgan fingerprint density at radius 2 is 2.21 bits per heavy atom. The molecule has 1 aromatic heterocycles. The van der Waals surface area contributed by atoms with Gasteiger partial charge in [-0.25, -0.2) is 13.2 Å². The van der Waals surface area contributed by atoms with E-state index in [2.05, 4.69) is 10.1 Å². The predicted octanol–water partition coefficient (Wildman–Crippen LogP) is 2.53. The Labute approximate surface area is 167 Å². The van der Waals surface area contributed by atoms with E-state index in [4.69, 9.17) is 20.9 Å². The first-order valence-corrected chi connectivity index (χ1v) is 10.5. The zero-order valence-corrected chi connectivity index (χ0v) is 16.7. The standard InChI is InChI=1S/C17H20ClN3O6S/c1-26-9-7-15-19-16(27-20-15)13-4-2-3-8-21(13)28(24,25)14-10-11(17(22)23)5-6-12(14)18/h5-6,10,13H,2-4,7-9H2,1H3,(H,22,23). The minimum absolute atomic E-state index is 0.0411. The molecule has 0 saturated carbocycles. The van der Waals surface area contributed by atoms with E-state index >= 15 is 0 Å². The Hall–Kier alpha value is -2.01. The maximum Gasteiger partial charge on any atom is 0.335 e. The average Bonchev–Trinajstić information content (AvgIpc) is 3.15. The Morgan fingerprint density at radius 3 is 2.93 bits per heavy atom. The first-order chi connectivity index (χ1) is 13.3. The topological polar surface area (TPSA) is 123 Å². The van der Waals surface area contributed by atoms with Crippen LogP contribution in [0.5, 0.6) is 0 Å². The number of hydrogen-bond donors (Lipinski definition) is 1. The molecule has 1 aliphatic rings. The van der Waals surface area contributed by atoms with Crippen LogP contribution in [-0.2, 0) is 21.2 Å². The van der Waals surface area contributed by atoms with Gasteiger partial charge in [0.05, 0.1) is 17.2 Å². The van der Waals surface area contributed by atoms with Crippen molar-refractivity contribution in [2.45, 2.75) is 36.6 Å². The van der Waals surface area contributed by atoms with Gasteiger partial charge < -0.3 is 14.4 Å². The Bertz CT molecular complexity index is 962. The van der Waals surface area contributed by atoms with E-state index in [0.29, 0.717) is 31.7 Å². The highest BCUT2D eigenvalue weighted by atomic mass is 35.5. The van der Waals surface area contributed by atoms with E-state index in [9.17, 15) is 18.3 Å². The zero-order chi connectivity index (χ0) is 20.3. The smallest absolute Gasteiger partial charge is 0.335 e. The molecule has 2 aromatic rings. The Balaban J connectivity index is 1.96. The molecule has 1 unspecified atom stereocenters. The summed E-state index contributed by atoms with van der Waals surface area (Å²) in [5.41, 5.74) is -0.156. The summed E-state index contributed by atoms with van der Waals surface area (Å²) in [5, 5.41) is 13.0. The number of carboxylic acid groups (broad SMARTS) is 1. The summed E-state index contributed by atoms with van der Waals surface area (Å²) in [6.45, 7) is 0.666. The summed E-state index contributed by atoms with van der Waals surface area (Å²) < 4.78 is 38.1. The van der Waals surface area contributed by atoms with Gasteiger partial charge in [0.25, 0.3) is 0 Å². The van der Waals surface area contributed by atoms with Crippen LogP contribution in [0.3, 0.4) is 0 Å². The third-order valence-electron chi connectivity index (χ3n) is 4.52. The number of aromatic nitrogens is 2. The van der Waals surface area contributed by atoms with Gasteiger partial charge in [0.2, 0.25) is 15.9 Å². The molecule has 1 aliphatic heterocycles. The summed E-state index contributed by atoms with van der Waals surface area (Å²) in [4.78, 5) is 15.3. The normalized spacial score (nSPS) is 18.3. The number of sulfonamides is 1. The molecule has 1 N–H and O–H groups in total. The van der Waals surface area contributed by atoms with Crippen molar-refractivity contribution in [2.24, 2.45) is 0 Å². The van der Waals surface area contributed by atoms with Gasteiger partial charge in [-0.2, -0.15) is 9.29 Å². The fourth-order valence-corrected chi connectivity index (χ4v) is 5.25. The van der Waals surface area contributed by atoms with Crippen molar-refractivity contribution in [2.75, 3.05) is 20.3 Å². The van der Waals surface area contributed by atoms with Crippen LogP contribution in [0.15, 0.2) is 27.6 Å². The molecular weight excluding hydrogens is 410 g/mol. The number of halogens is 1. The van der Waals surface area contributed by atoms with Gasteiger partial charge in [-0.05, 0) is 31.0 Å². The quantitative estimate of drug-likeness (QED) is 0.712. The average molecular weight is 430 g/mol. The molecule has 9 nitrogen and oxygen atoms in total. The SMILES string of the molecule is COCCc1noc(C2CCCCN2S(=O)(=O)c2cc(C(=O)O)ccc2Cl)n1. The van der Waals surface area contributed by atoms with Crippen LogP contribution < -0.4 is 0 Å². The van der Waals surface area contributed by atoms with Crippen molar-refractivity contribution < 1.29 is 27.6 Å². The second kappa shape index (κ2) is 8.56. The largest absolute Gasteiger partial charge is 0.478 e. The minimum atomic E-state index is -4.07. The van der Waals surface area contributed by atoms with Gasteiger partial charge in [-0.3, -0.25) is 0 Å². The van der Waals surface area contributed by atoms with Gasteiger partial charge in [-0.15, -0.1) is 0 Å². The number of carboxylic acids is 1. The molecule has 1 aromatic carbocycles. The first kappa shape index (κ1) is 20.7. The van der Waals surface area contributed by atoms with Gasteiger partial charge in [0.15, 0.2) is 5.82 Å². The molecule has 11 heteroatoms. The van der Waals surface area contributed by atoms with Crippen molar-refractivity contribution in [3.63, 3.8) is 0 Å². The number of methoxy groups -OCH3 is 1. The van der Waals surface area contributed by atoms with E-state index in [1.165, 1.54) is 16.4 Å². The predicted molar refractivity (Wildman–Crippen MR) is 98.8 cm³/mol. The first-order valence-electron chi connectivity index (χ1n) is 8.70. The third-order valence-corrected chi connectivity index (χ3v) is 6.91. The number of nitrogens with zero attached hydrogens (tertiary/aromatic N) is 3. The number of benzene rings is 1. The van der Waals surface area contributed by atoms with Crippen LogP contribution in [0.4, 0.5) is 0 Å². The van der Waals surface area contributed by atoms with Crippen LogP contribution >= 0.6 is 11.6 Å². The Kier molecular flexibility index (Phi) is 6.33. The molecule has 0 spiro atoms.